The molecule has 0 amide bonds. The zero-order valence-corrected chi connectivity index (χ0v) is 9.99. The van der Waals surface area contributed by atoms with Gasteiger partial charge in [0.15, 0.2) is 11.9 Å². The highest BCUT2D eigenvalue weighted by Crippen LogP contribution is 2.28. The number of carbonyl (C=O) groups is 1. The number of Topliss-reactive ketones (excluding diaryl/α,β-unsaturated/α-hetero) is 1. The van der Waals surface area contributed by atoms with Crippen molar-refractivity contribution in [2.24, 2.45) is 5.92 Å². The van der Waals surface area contributed by atoms with Crippen LogP contribution < -0.4 is 4.74 Å². The topological polar surface area (TPSA) is 39.2 Å². The summed E-state index contributed by atoms with van der Waals surface area (Å²) in [6.07, 6.45) is 1.17. The van der Waals surface area contributed by atoms with Gasteiger partial charge < -0.3 is 4.74 Å². The molecule has 2 heterocycles. The van der Waals surface area contributed by atoms with Gasteiger partial charge in [-0.05, 0) is 25.5 Å². The maximum absolute atomic E-state index is 12.0. The molecule has 0 saturated heterocycles. The predicted molar refractivity (Wildman–Crippen MR) is 61.6 cm³/mol. The van der Waals surface area contributed by atoms with Crippen LogP contribution in [0, 0.1) is 12.8 Å². The lowest BCUT2D eigenvalue weighted by molar-refractivity contribution is -0.128. The van der Waals surface area contributed by atoms with E-state index >= 15 is 0 Å². The van der Waals surface area contributed by atoms with Crippen molar-refractivity contribution < 1.29 is 9.53 Å². The van der Waals surface area contributed by atoms with Gasteiger partial charge in [0.2, 0.25) is 0 Å². The summed E-state index contributed by atoms with van der Waals surface area (Å²) in [5, 5.41) is 0. The third kappa shape index (κ3) is 1.94. The number of fused-ring (bicyclic) bond motifs is 1. The Bertz CT molecular complexity index is 414. The number of ketones is 1. The molecular formula is C13H17NO2. The molecule has 86 valence electrons. The van der Waals surface area contributed by atoms with E-state index in [2.05, 4.69) is 4.98 Å². The van der Waals surface area contributed by atoms with Crippen molar-refractivity contribution in [2.45, 2.75) is 39.7 Å². The summed E-state index contributed by atoms with van der Waals surface area (Å²) in [5.74, 6) is 1.03. The Morgan fingerprint density at radius 1 is 1.62 bits per heavy atom. The molecular weight excluding hydrogens is 202 g/mol. The summed E-state index contributed by atoms with van der Waals surface area (Å²) in [6.45, 7) is 5.92. The molecule has 3 heteroatoms. The Morgan fingerprint density at radius 3 is 3.06 bits per heavy atom. The van der Waals surface area contributed by atoms with Crippen LogP contribution in [0.3, 0.4) is 0 Å². The lowest BCUT2D eigenvalue weighted by atomic mass is 9.97. The summed E-state index contributed by atoms with van der Waals surface area (Å²) in [5.41, 5.74) is 1.89. The number of ether oxygens (including phenoxy) is 1. The number of aryl methyl sites for hydroxylation is 1. The van der Waals surface area contributed by atoms with E-state index in [1.165, 1.54) is 0 Å². The van der Waals surface area contributed by atoms with E-state index in [0.29, 0.717) is 6.42 Å². The number of carbonyl (C=O) groups excluding carboxylic acids is 1. The summed E-state index contributed by atoms with van der Waals surface area (Å²) < 4.78 is 5.63. The number of hydrogen-bond acceptors (Lipinski definition) is 3. The molecule has 2 atom stereocenters. The van der Waals surface area contributed by atoms with Crippen LogP contribution in [-0.4, -0.2) is 16.9 Å². The fraction of sp³-hybridized carbons (Fsp3) is 0.538. The molecule has 0 saturated carbocycles. The van der Waals surface area contributed by atoms with Crippen molar-refractivity contribution >= 4 is 5.78 Å². The highest BCUT2D eigenvalue weighted by molar-refractivity contribution is 5.86. The maximum atomic E-state index is 12.0. The molecule has 1 aromatic heterocycles. The van der Waals surface area contributed by atoms with E-state index in [4.69, 9.17) is 4.74 Å². The average Bonchev–Trinajstić information content (AvgIpc) is 2.69. The normalized spacial score (nSPS) is 20.1. The van der Waals surface area contributed by atoms with Crippen molar-refractivity contribution in [3.05, 3.63) is 23.5 Å². The Labute approximate surface area is 95.8 Å². The lowest BCUT2D eigenvalue weighted by Gasteiger charge is -2.13. The first-order valence-corrected chi connectivity index (χ1v) is 5.78. The van der Waals surface area contributed by atoms with E-state index in [9.17, 15) is 4.79 Å². The molecule has 0 N–H and O–H groups in total. The predicted octanol–water partition coefficient (Wildman–Crippen LogP) is 2.31. The zero-order chi connectivity index (χ0) is 11.7. The summed E-state index contributed by atoms with van der Waals surface area (Å²) in [4.78, 5) is 16.4. The van der Waals surface area contributed by atoms with Gasteiger partial charge in [0.25, 0.3) is 0 Å². The van der Waals surface area contributed by atoms with Crippen LogP contribution in [0.5, 0.6) is 5.75 Å². The maximum Gasteiger partial charge on any atom is 0.176 e. The molecule has 0 aromatic carbocycles. The highest BCUT2D eigenvalue weighted by Gasteiger charge is 2.32. The highest BCUT2D eigenvalue weighted by atomic mass is 16.5. The SMILES string of the molecule is CCC(C)C(=O)C1Cc2nc(C)ccc2O1. The largest absolute Gasteiger partial charge is 0.480 e. The summed E-state index contributed by atoms with van der Waals surface area (Å²) in [6, 6.07) is 3.82. The second-order valence-corrected chi connectivity index (χ2v) is 4.42. The minimum Gasteiger partial charge on any atom is -0.480 e. The van der Waals surface area contributed by atoms with Gasteiger partial charge in [-0.15, -0.1) is 0 Å². The van der Waals surface area contributed by atoms with E-state index in [0.717, 1.165) is 23.6 Å². The van der Waals surface area contributed by atoms with Gasteiger partial charge >= 0.3 is 0 Å². The Balaban J connectivity index is 2.14. The molecule has 0 bridgehead atoms. The number of aromatic nitrogens is 1. The van der Waals surface area contributed by atoms with Crippen LogP contribution >= 0.6 is 0 Å². The van der Waals surface area contributed by atoms with Gasteiger partial charge in [0, 0.05) is 18.0 Å². The second-order valence-electron chi connectivity index (χ2n) is 4.42. The Hall–Kier alpha value is -1.38. The van der Waals surface area contributed by atoms with Crippen LogP contribution in [0.1, 0.15) is 31.7 Å². The molecule has 0 radical (unpaired) electrons. The molecule has 1 aromatic rings. The Kier molecular flexibility index (Phi) is 2.95. The van der Waals surface area contributed by atoms with Gasteiger partial charge in [-0.25, -0.2) is 0 Å². The molecule has 0 fully saturated rings. The standard InChI is InChI=1S/C13H17NO2/c1-4-8(2)13(15)12-7-10-11(16-12)6-5-9(3)14-10/h5-6,8,12H,4,7H2,1-3H3. The van der Waals surface area contributed by atoms with Crippen molar-refractivity contribution in [1.29, 1.82) is 0 Å². The van der Waals surface area contributed by atoms with Gasteiger partial charge in [0.1, 0.15) is 5.75 Å². The summed E-state index contributed by atoms with van der Waals surface area (Å²) in [7, 11) is 0. The van der Waals surface area contributed by atoms with E-state index < -0.39 is 0 Å². The smallest absolute Gasteiger partial charge is 0.176 e. The molecule has 0 spiro atoms. The first-order chi connectivity index (χ1) is 7.61. The monoisotopic (exact) mass is 219 g/mol. The lowest BCUT2D eigenvalue weighted by Crippen LogP contribution is -2.30. The number of rotatable bonds is 3. The first-order valence-electron chi connectivity index (χ1n) is 5.78. The van der Waals surface area contributed by atoms with E-state index in [-0.39, 0.29) is 17.8 Å². The van der Waals surface area contributed by atoms with Crippen molar-refractivity contribution in [2.75, 3.05) is 0 Å². The van der Waals surface area contributed by atoms with E-state index in [1.807, 2.05) is 32.9 Å². The number of nitrogens with zero attached hydrogens (tertiary/aromatic N) is 1. The van der Waals surface area contributed by atoms with Crippen LogP contribution in [0.2, 0.25) is 0 Å². The zero-order valence-electron chi connectivity index (χ0n) is 9.99. The van der Waals surface area contributed by atoms with Crippen LogP contribution in [0.15, 0.2) is 12.1 Å². The third-order valence-electron chi connectivity index (χ3n) is 3.14. The minimum atomic E-state index is -0.320. The van der Waals surface area contributed by atoms with Gasteiger partial charge in [0.05, 0.1) is 5.69 Å². The van der Waals surface area contributed by atoms with Gasteiger partial charge in [-0.1, -0.05) is 13.8 Å². The molecule has 2 rings (SSSR count). The quantitative estimate of drug-likeness (QED) is 0.783. The molecule has 0 aliphatic carbocycles. The van der Waals surface area contributed by atoms with Crippen molar-refractivity contribution in [3.63, 3.8) is 0 Å². The molecule has 2 unspecified atom stereocenters. The number of hydrogen-bond donors (Lipinski definition) is 0. The van der Waals surface area contributed by atoms with Gasteiger partial charge in [-0.2, -0.15) is 0 Å². The van der Waals surface area contributed by atoms with Crippen LogP contribution in [-0.2, 0) is 11.2 Å². The van der Waals surface area contributed by atoms with Crippen molar-refractivity contribution in [1.82, 2.24) is 4.98 Å². The molecule has 1 aliphatic heterocycles. The number of pyridine rings is 1. The van der Waals surface area contributed by atoms with E-state index in [1.54, 1.807) is 0 Å². The van der Waals surface area contributed by atoms with Crippen LogP contribution in [0.4, 0.5) is 0 Å². The molecule has 16 heavy (non-hydrogen) atoms. The summed E-state index contributed by atoms with van der Waals surface area (Å²) >= 11 is 0. The van der Waals surface area contributed by atoms with Crippen LogP contribution in [0.25, 0.3) is 0 Å². The third-order valence-corrected chi connectivity index (χ3v) is 3.14. The fourth-order valence-corrected chi connectivity index (χ4v) is 1.90. The van der Waals surface area contributed by atoms with Gasteiger partial charge in [-0.3, -0.25) is 9.78 Å². The average molecular weight is 219 g/mol. The first kappa shape index (κ1) is 11.1. The molecule has 3 nitrogen and oxygen atoms in total. The minimum absolute atomic E-state index is 0.0698. The molecule has 1 aliphatic rings. The Morgan fingerprint density at radius 2 is 2.38 bits per heavy atom. The van der Waals surface area contributed by atoms with Crippen molar-refractivity contribution in [3.8, 4) is 5.75 Å². The second kappa shape index (κ2) is 4.24. The fourth-order valence-electron chi connectivity index (χ4n) is 1.90.